The maximum absolute atomic E-state index is 10.2. The van der Waals surface area contributed by atoms with Gasteiger partial charge in [-0.05, 0) is 6.07 Å². The number of fused-ring (bicyclic) bond motifs is 1. The van der Waals surface area contributed by atoms with Crippen LogP contribution < -0.4 is 5.73 Å². The molecule has 0 aromatic carbocycles. The molecular formula is C14H14N6O4. The third kappa shape index (κ3) is 1.94. The molecule has 2 unspecified atom stereocenters. The minimum atomic E-state index is -1.34. The highest BCUT2D eigenvalue weighted by molar-refractivity contribution is 5.99. The number of rotatable bonds is 3. The number of aliphatic hydroxyl groups excluding tert-OH is 3. The van der Waals surface area contributed by atoms with Crippen molar-refractivity contribution in [3.63, 3.8) is 0 Å². The molecular weight excluding hydrogens is 316 g/mol. The average molecular weight is 330 g/mol. The molecule has 6 N–H and O–H groups in total. The van der Waals surface area contributed by atoms with Gasteiger partial charge in [0.05, 0.1) is 11.1 Å². The second-order valence-electron chi connectivity index (χ2n) is 5.30. The van der Waals surface area contributed by atoms with Gasteiger partial charge in [0.1, 0.15) is 24.4 Å². The molecule has 4 heterocycles. The molecule has 10 heteroatoms. The molecule has 0 fully saturated rings. The Bertz CT molecular complexity index is 932. The van der Waals surface area contributed by atoms with Gasteiger partial charge in [0.2, 0.25) is 6.23 Å². The summed E-state index contributed by atoms with van der Waals surface area (Å²) in [5.74, 6) is -0.232. The van der Waals surface area contributed by atoms with Crippen LogP contribution in [0, 0.1) is 0 Å². The molecule has 1 aliphatic rings. The lowest BCUT2D eigenvalue weighted by molar-refractivity contribution is -0.0116. The summed E-state index contributed by atoms with van der Waals surface area (Å²) in [5, 5.41) is 36.6. The summed E-state index contributed by atoms with van der Waals surface area (Å²) in [5.41, 5.74) is 7.77. The van der Waals surface area contributed by atoms with Crippen molar-refractivity contribution < 1.29 is 20.1 Å². The standard InChI is InChI=1S/C14H14N6O4/c15-12-9-6(7-1-2-18-19-7)3-20(13(9)17-5-16-12)14-11(23)10(22)8(4-21)24-14/h1-3,5,11,14,21-23H,4H2,(H,18,19)(H2,15,16,17). The highest BCUT2D eigenvalue weighted by atomic mass is 16.5. The van der Waals surface area contributed by atoms with Crippen molar-refractivity contribution in [3.05, 3.63) is 36.3 Å². The van der Waals surface area contributed by atoms with Crippen LogP contribution in [-0.2, 0) is 4.74 Å². The normalized spacial score (nSPS) is 20.8. The second-order valence-corrected chi connectivity index (χ2v) is 5.30. The van der Waals surface area contributed by atoms with E-state index in [4.69, 9.17) is 10.5 Å². The summed E-state index contributed by atoms with van der Waals surface area (Å²) in [6, 6.07) is 1.76. The van der Waals surface area contributed by atoms with E-state index in [1.807, 2.05) is 0 Å². The molecule has 3 aromatic rings. The van der Waals surface area contributed by atoms with Crippen molar-refractivity contribution in [3.8, 4) is 11.3 Å². The van der Waals surface area contributed by atoms with Crippen molar-refractivity contribution in [2.24, 2.45) is 0 Å². The summed E-state index contributed by atoms with van der Waals surface area (Å²) >= 11 is 0. The molecule has 2 atom stereocenters. The summed E-state index contributed by atoms with van der Waals surface area (Å²) in [4.78, 5) is 8.21. The van der Waals surface area contributed by atoms with E-state index in [0.29, 0.717) is 22.3 Å². The highest BCUT2D eigenvalue weighted by Crippen LogP contribution is 2.38. The summed E-state index contributed by atoms with van der Waals surface area (Å²) in [6.45, 7) is -0.525. The molecule has 0 aliphatic carbocycles. The first-order valence-corrected chi connectivity index (χ1v) is 7.10. The van der Waals surface area contributed by atoms with Crippen molar-refractivity contribution in [2.75, 3.05) is 12.3 Å². The number of nitrogen functional groups attached to an aromatic ring is 1. The van der Waals surface area contributed by atoms with Crippen LogP contribution >= 0.6 is 0 Å². The largest absolute Gasteiger partial charge is 0.506 e. The number of aromatic nitrogens is 5. The lowest BCUT2D eigenvalue weighted by atomic mass is 10.2. The molecule has 3 aromatic heterocycles. The van der Waals surface area contributed by atoms with Crippen molar-refractivity contribution >= 4 is 16.9 Å². The first-order valence-electron chi connectivity index (χ1n) is 7.10. The molecule has 124 valence electrons. The Labute approximate surface area is 134 Å². The number of aromatic amines is 1. The fraction of sp³-hybridized carbons (Fsp3) is 0.214. The number of aliphatic hydroxyl groups is 3. The summed E-state index contributed by atoms with van der Waals surface area (Å²) in [6.07, 6.45) is 2.24. The van der Waals surface area contributed by atoms with Crippen LogP contribution in [0.15, 0.2) is 36.3 Å². The van der Waals surface area contributed by atoms with E-state index < -0.39 is 24.7 Å². The molecule has 10 nitrogen and oxygen atoms in total. The number of anilines is 1. The summed E-state index contributed by atoms with van der Waals surface area (Å²) < 4.78 is 7.00. The van der Waals surface area contributed by atoms with Gasteiger partial charge in [-0.2, -0.15) is 5.10 Å². The molecule has 0 bridgehead atoms. The number of nitrogens with two attached hydrogens (primary N) is 1. The van der Waals surface area contributed by atoms with E-state index >= 15 is 0 Å². The third-order valence-corrected chi connectivity index (χ3v) is 3.95. The van der Waals surface area contributed by atoms with Crippen LogP contribution in [-0.4, -0.2) is 52.8 Å². The number of hydrogen-bond acceptors (Lipinski definition) is 8. The minimum absolute atomic E-state index is 0.0838. The Balaban J connectivity index is 1.91. The third-order valence-electron chi connectivity index (χ3n) is 3.95. The molecule has 0 saturated heterocycles. The van der Waals surface area contributed by atoms with E-state index in [1.54, 1.807) is 18.5 Å². The predicted molar refractivity (Wildman–Crippen MR) is 82.4 cm³/mol. The average Bonchev–Trinajstić information content (AvgIpc) is 3.28. The van der Waals surface area contributed by atoms with Gasteiger partial charge >= 0.3 is 0 Å². The van der Waals surface area contributed by atoms with E-state index in [2.05, 4.69) is 20.2 Å². The van der Waals surface area contributed by atoms with Gasteiger partial charge in [0.15, 0.2) is 17.6 Å². The number of nitrogens with zero attached hydrogens (tertiary/aromatic N) is 4. The van der Waals surface area contributed by atoms with E-state index in [1.165, 1.54) is 10.9 Å². The van der Waals surface area contributed by atoms with Crippen molar-refractivity contribution in [1.29, 1.82) is 0 Å². The van der Waals surface area contributed by atoms with Gasteiger partial charge in [-0.1, -0.05) is 0 Å². The maximum Gasteiger partial charge on any atom is 0.210 e. The number of nitrogens with one attached hydrogen (secondary N) is 1. The molecule has 1 aliphatic heterocycles. The molecule has 0 saturated carbocycles. The number of H-pyrrole nitrogens is 1. The maximum atomic E-state index is 10.2. The minimum Gasteiger partial charge on any atom is -0.506 e. The SMILES string of the molecule is Nc1ncnc2c1c(-c1ccn[nH]1)cn2C1OC(CO)=C(O)C1O. The predicted octanol–water partition coefficient (Wildman–Crippen LogP) is 0.0552. The molecule has 0 spiro atoms. The Hall–Kier alpha value is -3.11. The lowest BCUT2D eigenvalue weighted by Crippen LogP contribution is -2.22. The second kappa shape index (κ2) is 5.22. The first kappa shape index (κ1) is 14.5. The Morgan fingerprint density at radius 2 is 2.21 bits per heavy atom. The molecule has 4 rings (SSSR count). The first-order chi connectivity index (χ1) is 11.6. The fourth-order valence-electron chi connectivity index (χ4n) is 2.81. The Morgan fingerprint density at radius 3 is 2.88 bits per heavy atom. The number of ether oxygens (including phenoxy) is 1. The zero-order chi connectivity index (χ0) is 16.8. The van der Waals surface area contributed by atoms with Crippen LogP contribution in [0.3, 0.4) is 0 Å². The molecule has 24 heavy (non-hydrogen) atoms. The van der Waals surface area contributed by atoms with Gasteiger partial charge < -0.3 is 25.8 Å². The van der Waals surface area contributed by atoms with E-state index in [0.717, 1.165) is 0 Å². The van der Waals surface area contributed by atoms with Crippen LogP contribution in [0.1, 0.15) is 6.23 Å². The van der Waals surface area contributed by atoms with E-state index in [9.17, 15) is 15.3 Å². The van der Waals surface area contributed by atoms with E-state index in [-0.39, 0.29) is 11.6 Å². The quantitative estimate of drug-likeness (QED) is 0.451. The zero-order valence-electron chi connectivity index (χ0n) is 12.3. The van der Waals surface area contributed by atoms with Crippen LogP contribution in [0.2, 0.25) is 0 Å². The highest BCUT2D eigenvalue weighted by Gasteiger charge is 2.38. The van der Waals surface area contributed by atoms with Gasteiger partial charge in [0.25, 0.3) is 0 Å². The smallest absolute Gasteiger partial charge is 0.210 e. The number of hydrogen-bond donors (Lipinski definition) is 5. The fourth-order valence-corrected chi connectivity index (χ4v) is 2.81. The van der Waals surface area contributed by atoms with Crippen LogP contribution in [0.5, 0.6) is 0 Å². The zero-order valence-corrected chi connectivity index (χ0v) is 12.3. The lowest BCUT2D eigenvalue weighted by Gasteiger charge is -2.17. The van der Waals surface area contributed by atoms with Crippen molar-refractivity contribution in [2.45, 2.75) is 12.3 Å². The van der Waals surface area contributed by atoms with Crippen LogP contribution in [0.4, 0.5) is 5.82 Å². The van der Waals surface area contributed by atoms with Crippen molar-refractivity contribution in [1.82, 2.24) is 24.7 Å². The monoisotopic (exact) mass is 330 g/mol. The molecule has 0 radical (unpaired) electrons. The Morgan fingerprint density at radius 1 is 1.38 bits per heavy atom. The summed E-state index contributed by atoms with van der Waals surface area (Å²) in [7, 11) is 0. The molecule has 0 amide bonds. The topological polar surface area (TPSA) is 155 Å². The van der Waals surface area contributed by atoms with Gasteiger partial charge in [-0.25, -0.2) is 9.97 Å². The van der Waals surface area contributed by atoms with Gasteiger partial charge in [-0.15, -0.1) is 0 Å². The van der Waals surface area contributed by atoms with Gasteiger partial charge in [-0.3, -0.25) is 9.67 Å². The van der Waals surface area contributed by atoms with Crippen LogP contribution in [0.25, 0.3) is 22.3 Å². The Kier molecular flexibility index (Phi) is 3.15. The van der Waals surface area contributed by atoms with Gasteiger partial charge in [0, 0.05) is 18.0 Å².